The van der Waals surface area contributed by atoms with Gasteiger partial charge in [0.05, 0.1) is 15.3 Å². The second-order valence-electron chi connectivity index (χ2n) is 3.39. The lowest BCUT2D eigenvalue weighted by Gasteiger charge is -1.88. The van der Waals surface area contributed by atoms with E-state index in [0.717, 1.165) is 0 Å². The fourth-order valence-electron chi connectivity index (χ4n) is 1.34. The van der Waals surface area contributed by atoms with Crippen LogP contribution in [0.15, 0.2) is 28.4 Å². The largest absolute Gasteiger partial charge is 0.419 e. The van der Waals surface area contributed by atoms with Gasteiger partial charge in [0, 0.05) is 6.92 Å². The van der Waals surface area contributed by atoms with Crippen LogP contribution in [0.1, 0.15) is 15.4 Å². The SMILES string of the molecule is Cc1sc[n+](CC(=O)[s+]2cccc2)c1C. The second kappa shape index (κ2) is 4.24. The van der Waals surface area contributed by atoms with Crippen LogP contribution in [0.3, 0.4) is 0 Å². The molecule has 0 aliphatic carbocycles. The predicted octanol–water partition coefficient (Wildman–Crippen LogP) is 2.74. The molecule has 2 rings (SSSR count). The summed E-state index contributed by atoms with van der Waals surface area (Å²) in [5.41, 5.74) is 3.22. The number of thiophene rings is 1. The Morgan fingerprint density at radius 2 is 2.07 bits per heavy atom. The van der Waals surface area contributed by atoms with Gasteiger partial charge in [-0.25, -0.2) is 4.79 Å². The fourth-order valence-corrected chi connectivity index (χ4v) is 3.34. The number of carbonyl (C=O) groups is 1. The van der Waals surface area contributed by atoms with Crippen LogP contribution < -0.4 is 4.57 Å². The molecule has 0 radical (unpaired) electrons. The lowest BCUT2D eigenvalue weighted by Crippen LogP contribution is -2.37. The number of hydrogen-bond acceptors (Lipinski definition) is 2. The summed E-state index contributed by atoms with van der Waals surface area (Å²) in [5.74, 6) is 0. The Bertz CT molecular complexity index is 471. The monoisotopic (exact) mass is 239 g/mol. The number of aryl methyl sites for hydroxylation is 1. The van der Waals surface area contributed by atoms with Crippen LogP contribution in [0.4, 0.5) is 0 Å². The number of rotatable bonds is 3. The minimum absolute atomic E-state index is 0.283. The van der Waals surface area contributed by atoms with Crippen molar-refractivity contribution in [3.63, 3.8) is 0 Å². The van der Waals surface area contributed by atoms with Crippen LogP contribution >= 0.6 is 21.8 Å². The van der Waals surface area contributed by atoms with Crippen LogP contribution in [0.5, 0.6) is 0 Å². The number of carbonyl (C=O) groups excluding carboxylic acids is 1. The first kappa shape index (κ1) is 10.5. The molecule has 0 unspecified atom stereocenters. The highest BCUT2D eigenvalue weighted by Crippen LogP contribution is 2.18. The molecule has 2 nitrogen and oxygen atoms in total. The van der Waals surface area contributed by atoms with Gasteiger partial charge in [-0.1, -0.05) is 11.3 Å². The molecule has 0 aliphatic heterocycles. The van der Waals surface area contributed by atoms with E-state index in [1.54, 1.807) is 11.3 Å². The van der Waals surface area contributed by atoms with Crippen molar-refractivity contribution in [3.05, 3.63) is 39.0 Å². The van der Waals surface area contributed by atoms with Crippen molar-refractivity contribution in [2.75, 3.05) is 0 Å². The summed E-state index contributed by atoms with van der Waals surface area (Å²) in [6.45, 7) is 4.63. The molecule has 0 fully saturated rings. The maximum absolute atomic E-state index is 11.9. The summed E-state index contributed by atoms with van der Waals surface area (Å²) < 4.78 is 2.04. The molecule has 15 heavy (non-hydrogen) atoms. The first-order chi connectivity index (χ1) is 7.18. The molecule has 2 aromatic rings. The molecular weight excluding hydrogens is 226 g/mol. The van der Waals surface area contributed by atoms with E-state index in [1.165, 1.54) is 10.6 Å². The van der Waals surface area contributed by atoms with Gasteiger partial charge in [-0.15, -0.1) is 0 Å². The molecule has 0 spiro atoms. The Morgan fingerprint density at radius 1 is 1.40 bits per heavy atom. The number of aromatic nitrogens is 1. The van der Waals surface area contributed by atoms with Crippen molar-refractivity contribution in [2.45, 2.75) is 20.4 Å². The summed E-state index contributed by atoms with van der Waals surface area (Å²) in [7, 11) is -0.288. The summed E-state index contributed by atoms with van der Waals surface area (Å²) in [4.78, 5) is 13.2. The number of thiazole rings is 1. The fraction of sp³-hybridized carbons (Fsp3) is 0.273. The van der Waals surface area contributed by atoms with E-state index >= 15 is 0 Å². The van der Waals surface area contributed by atoms with E-state index in [0.29, 0.717) is 6.54 Å². The van der Waals surface area contributed by atoms with Crippen LogP contribution in [0, 0.1) is 13.8 Å². The smallest absolute Gasteiger partial charge is 0.224 e. The van der Waals surface area contributed by atoms with Gasteiger partial charge in [0.15, 0.2) is 5.69 Å². The highest BCUT2D eigenvalue weighted by Gasteiger charge is 2.23. The predicted molar refractivity (Wildman–Crippen MR) is 63.5 cm³/mol. The van der Waals surface area contributed by atoms with E-state index in [-0.39, 0.29) is 15.6 Å². The van der Waals surface area contributed by atoms with Gasteiger partial charge in [0.2, 0.25) is 5.51 Å². The van der Waals surface area contributed by atoms with Crippen LogP contribution in [-0.2, 0) is 6.54 Å². The molecule has 0 aromatic carbocycles. The van der Waals surface area contributed by atoms with Crippen LogP contribution in [0.2, 0.25) is 0 Å². The number of nitrogens with zero attached hydrogens (tertiary/aromatic N) is 1. The van der Waals surface area contributed by atoms with Crippen LogP contribution in [0.25, 0.3) is 0 Å². The van der Waals surface area contributed by atoms with Crippen LogP contribution in [-0.4, -0.2) is 5.12 Å². The van der Waals surface area contributed by atoms with E-state index in [2.05, 4.69) is 13.8 Å². The van der Waals surface area contributed by atoms with Crippen molar-refractivity contribution in [1.29, 1.82) is 0 Å². The molecule has 0 N–H and O–H groups in total. The summed E-state index contributed by atoms with van der Waals surface area (Å²) >= 11 is 1.69. The van der Waals surface area contributed by atoms with Gasteiger partial charge in [-0.05, 0) is 19.1 Å². The summed E-state index contributed by atoms with van der Waals surface area (Å²) in [5, 5.41) is 4.22. The topological polar surface area (TPSA) is 20.9 Å². The van der Waals surface area contributed by atoms with Gasteiger partial charge in [-0.3, -0.25) is 0 Å². The minimum atomic E-state index is -0.288. The highest BCUT2D eigenvalue weighted by molar-refractivity contribution is 7.49. The van der Waals surface area contributed by atoms with Crippen molar-refractivity contribution in [2.24, 2.45) is 0 Å². The molecule has 4 heteroatoms. The second-order valence-corrected chi connectivity index (χ2v) is 6.20. The highest BCUT2D eigenvalue weighted by atomic mass is 32.2. The first-order valence-electron chi connectivity index (χ1n) is 4.72. The maximum Gasteiger partial charge on any atom is 0.419 e. The zero-order chi connectivity index (χ0) is 10.8. The van der Waals surface area contributed by atoms with Gasteiger partial charge in [-0.2, -0.15) is 4.57 Å². The van der Waals surface area contributed by atoms with E-state index < -0.39 is 0 Å². The average Bonchev–Trinajstić information content (AvgIpc) is 2.83. The maximum atomic E-state index is 11.9. The Hall–Kier alpha value is -1.00. The Balaban J connectivity index is 2.16. The molecule has 2 aromatic heterocycles. The molecule has 0 saturated carbocycles. The van der Waals surface area contributed by atoms with Gasteiger partial charge in [0.25, 0.3) is 6.54 Å². The number of hydrogen-bond donors (Lipinski definition) is 0. The summed E-state index contributed by atoms with van der Waals surface area (Å²) in [6.07, 6.45) is 0. The Morgan fingerprint density at radius 3 is 2.60 bits per heavy atom. The average molecular weight is 239 g/mol. The molecule has 0 bridgehead atoms. The Labute approximate surface area is 95.8 Å². The first-order valence-corrected chi connectivity index (χ1v) is 6.95. The van der Waals surface area contributed by atoms with Crippen molar-refractivity contribution in [1.82, 2.24) is 0 Å². The quantitative estimate of drug-likeness (QED) is 0.596. The van der Waals surface area contributed by atoms with Crippen molar-refractivity contribution >= 4 is 26.9 Å². The van der Waals surface area contributed by atoms with Gasteiger partial charge in [0.1, 0.15) is 10.8 Å². The zero-order valence-electron chi connectivity index (χ0n) is 8.77. The molecule has 78 valence electrons. The molecule has 0 atom stereocenters. The third kappa shape index (κ3) is 2.16. The molecule has 2 heterocycles. The minimum Gasteiger partial charge on any atom is -0.224 e. The standard InChI is InChI=1S/C11H13NOS2/c1-9-10(2)14-8-12(9)7-11(13)15-5-3-4-6-15/h3-6,8H,7H2,1-2H3/q+2. The summed E-state index contributed by atoms with van der Waals surface area (Å²) in [6, 6.07) is 3.88. The zero-order valence-corrected chi connectivity index (χ0v) is 10.4. The molecular formula is C11H13NOS2+2. The molecule has 0 saturated heterocycles. The third-order valence-corrected chi connectivity index (χ3v) is 4.99. The van der Waals surface area contributed by atoms with E-state index in [9.17, 15) is 4.79 Å². The molecule has 0 aliphatic rings. The van der Waals surface area contributed by atoms with Gasteiger partial charge >= 0.3 is 5.12 Å². The van der Waals surface area contributed by atoms with Gasteiger partial charge < -0.3 is 0 Å². The van der Waals surface area contributed by atoms with Crippen molar-refractivity contribution < 1.29 is 9.36 Å². The van der Waals surface area contributed by atoms with E-state index in [4.69, 9.17) is 0 Å². The van der Waals surface area contributed by atoms with Crippen molar-refractivity contribution in [3.8, 4) is 0 Å². The lowest BCUT2D eigenvalue weighted by molar-refractivity contribution is -0.684. The van der Waals surface area contributed by atoms with E-state index in [1.807, 2.05) is 33.0 Å². The molecule has 0 amide bonds. The lowest BCUT2D eigenvalue weighted by atomic mass is 10.4. The Kier molecular flexibility index (Phi) is 2.98. The third-order valence-electron chi connectivity index (χ3n) is 2.42. The normalized spacial score (nSPS) is 10.5.